The Hall–Kier alpha value is -1.32. The fourth-order valence-electron chi connectivity index (χ4n) is 7.39. The van der Waals surface area contributed by atoms with E-state index in [0.29, 0.717) is 29.2 Å². The van der Waals surface area contributed by atoms with Gasteiger partial charge in [-0.15, -0.1) is 0 Å². The molecule has 2 saturated heterocycles. The molecule has 25 heavy (non-hydrogen) atoms. The number of hydrogen-bond acceptors (Lipinski definition) is 4. The van der Waals surface area contributed by atoms with Crippen LogP contribution in [0.1, 0.15) is 58.3 Å². The van der Waals surface area contributed by atoms with Crippen LogP contribution in [0.5, 0.6) is 0 Å². The number of carbonyl (C=O) groups is 2. The van der Waals surface area contributed by atoms with Crippen LogP contribution >= 0.6 is 0 Å². The predicted molar refractivity (Wildman–Crippen MR) is 91.4 cm³/mol. The summed E-state index contributed by atoms with van der Waals surface area (Å²) in [5.41, 5.74) is 0.630. The number of hydrogen-bond donors (Lipinski definition) is 0. The number of ether oxygens (including phenoxy) is 2. The van der Waals surface area contributed by atoms with E-state index in [4.69, 9.17) is 9.47 Å². The average molecular weight is 344 g/mol. The summed E-state index contributed by atoms with van der Waals surface area (Å²) in [4.78, 5) is 24.7. The smallest absolute Gasteiger partial charge is 0.333 e. The molecule has 4 nitrogen and oxygen atoms in total. The zero-order valence-corrected chi connectivity index (χ0v) is 15.0. The molecule has 6 bridgehead atoms. The van der Waals surface area contributed by atoms with Crippen molar-refractivity contribution < 1.29 is 19.1 Å². The molecule has 0 aromatic rings. The highest BCUT2D eigenvalue weighted by Gasteiger charge is 2.63. The summed E-state index contributed by atoms with van der Waals surface area (Å²) in [6.07, 6.45) is 8.93. The Balaban J connectivity index is 1.49. The zero-order chi connectivity index (χ0) is 17.3. The molecule has 8 atom stereocenters. The van der Waals surface area contributed by atoms with Crippen LogP contribution < -0.4 is 0 Å². The van der Waals surface area contributed by atoms with E-state index in [2.05, 4.69) is 6.58 Å². The number of carbonyl (C=O) groups excluding carboxylic acids is 2. The number of rotatable bonds is 3. The van der Waals surface area contributed by atoms with Crippen LogP contribution in [0.25, 0.3) is 0 Å². The maximum atomic E-state index is 12.4. The lowest BCUT2D eigenvalue weighted by atomic mass is 9.51. The van der Waals surface area contributed by atoms with E-state index < -0.39 is 0 Å². The quantitative estimate of drug-likeness (QED) is 0.579. The van der Waals surface area contributed by atoms with Crippen molar-refractivity contribution >= 4 is 11.9 Å². The Bertz CT molecular complexity index is 640. The van der Waals surface area contributed by atoms with E-state index >= 15 is 0 Å². The van der Waals surface area contributed by atoms with Crippen molar-refractivity contribution in [2.45, 2.75) is 70.5 Å². The summed E-state index contributed by atoms with van der Waals surface area (Å²) >= 11 is 0. The number of esters is 2. The van der Waals surface area contributed by atoms with Crippen LogP contribution in [0.3, 0.4) is 0 Å². The third kappa shape index (κ3) is 2.32. The maximum absolute atomic E-state index is 12.4. The second-order valence-electron chi connectivity index (χ2n) is 9.58. The molecule has 8 unspecified atom stereocenters. The summed E-state index contributed by atoms with van der Waals surface area (Å²) in [5.74, 6) is 2.05. The van der Waals surface area contributed by atoms with Crippen molar-refractivity contribution in [1.82, 2.24) is 0 Å². The first-order valence-electron chi connectivity index (χ1n) is 10.0. The van der Waals surface area contributed by atoms with Gasteiger partial charge in [-0.2, -0.15) is 0 Å². The fraction of sp³-hybridized carbons (Fsp3) is 0.810. The summed E-state index contributed by atoms with van der Waals surface area (Å²) in [7, 11) is 0. The van der Waals surface area contributed by atoms with E-state index in [0.717, 1.165) is 25.7 Å². The van der Waals surface area contributed by atoms with Crippen LogP contribution in [0.15, 0.2) is 12.2 Å². The molecule has 4 aliphatic carbocycles. The highest BCUT2D eigenvalue weighted by molar-refractivity contribution is 5.87. The molecule has 4 saturated carbocycles. The largest absolute Gasteiger partial charge is 0.462 e. The highest BCUT2D eigenvalue weighted by Crippen LogP contribution is 2.65. The van der Waals surface area contributed by atoms with Gasteiger partial charge in [0.2, 0.25) is 0 Å². The Labute approximate surface area is 149 Å². The lowest BCUT2D eigenvalue weighted by Gasteiger charge is -2.53. The van der Waals surface area contributed by atoms with E-state index in [1.165, 1.54) is 25.7 Å². The first-order chi connectivity index (χ1) is 11.9. The summed E-state index contributed by atoms with van der Waals surface area (Å²) in [6, 6.07) is 0. The lowest BCUT2D eigenvalue weighted by Crippen LogP contribution is -2.51. The summed E-state index contributed by atoms with van der Waals surface area (Å²) in [5, 5.41) is 0. The molecule has 0 spiro atoms. The van der Waals surface area contributed by atoms with Gasteiger partial charge in [-0.05, 0) is 81.5 Å². The molecule has 0 amide bonds. The summed E-state index contributed by atoms with van der Waals surface area (Å²) in [6.45, 7) is 5.49. The van der Waals surface area contributed by atoms with Gasteiger partial charge in [0, 0.05) is 11.5 Å². The molecule has 6 fully saturated rings. The Morgan fingerprint density at radius 3 is 2.76 bits per heavy atom. The Morgan fingerprint density at radius 1 is 1.16 bits per heavy atom. The highest BCUT2D eigenvalue weighted by atomic mass is 16.5. The van der Waals surface area contributed by atoms with Crippen molar-refractivity contribution in [2.24, 2.45) is 35.0 Å². The molecule has 0 radical (unpaired) electrons. The first-order valence-corrected chi connectivity index (χ1v) is 10.0. The van der Waals surface area contributed by atoms with Gasteiger partial charge in [0.25, 0.3) is 0 Å². The van der Waals surface area contributed by atoms with Gasteiger partial charge in [0.15, 0.2) is 0 Å². The average Bonchev–Trinajstić information content (AvgIpc) is 3.10. The van der Waals surface area contributed by atoms with Gasteiger partial charge in [-0.25, -0.2) is 4.79 Å². The monoisotopic (exact) mass is 344 g/mol. The van der Waals surface area contributed by atoms with Crippen molar-refractivity contribution in [1.29, 1.82) is 0 Å². The number of fused-ring (bicyclic) bond motifs is 3. The second-order valence-corrected chi connectivity index (χ2v) is 9.58. The molecule has 6 rings (SSSR count). The fourth-order valence-corrected chi connectivity index (χ4v) is 7.39. The third-order valence-corrected chi connectivity index (χ3v) is 7.95. The summed E-state index contributed by atoms with van der Waals surface area (Å²) < 4.78 is 11.8. The van der Waals surface area contributed by atoms with E-state index in [-0.39, 0.29) is 35.5 Å². The lowest BCUT2D eigenvalue weighted by molar-refractivity contribution is -0.159. The van der Waals surface area contributed by atoms with Crippen LogP contribution in [0.4, 0.5) is 0 Å². The zero-order valence-electron chi connectivity index (χ0n) is 15.0. The van der Waals surface area contributed by atoms with Crippen LogP contribution in [-0.4, -0.2) is 24.1 Å². The van der Waals surface area contributed by atoms with Crippen molar-refractivity contribution in [3.05, 3.63) is 12.2 Å². The molecule has 136 valence electrons. The van der Waals surface area contributed by atoms with Gasteiger partial charge >= 0.3 is 11.9 Å². The van der Waals surface area contributed by atoms with E-state index in [1.54, 1.807) is 6.92 Å². The molecule has 6 aliphatic rings. The Morgan fingerprint density at radius 2 is 1.96 bits per heavy atom. The minimum Gasteiger partial charge on any atom is -0.462 e. The molecule has 4 heteroatoms. The Kier molecular flexibility index (Phi) is 3.40. The van der Waals surface area contributed by atoms with Crippen molar-refractivity contribution in [3.63, 3.8) is 0 Å². The molecule has 2 heterocycles. The topological polar surface area (TPSA) is 52.6 Å². The van der Waals surface area contributed by atoms with Gasteiger partial charge in [-0.3, -0.25) is 4.79 Å². The van der Waals surface area contributed by atoms with Crippen molar-refractivity contribution in [3.8, 4) is 0 Å². The van der Waals surface area contributed by atoms with E-state index in [1.807, 2.05) is 0 Å². The normalized spacial score (nSPS) is 49.8. The molecule has 2 aliphatic heterocycles. The van der Waals surface area contributed by atoms with E-state index in [9.17, 15) is 9.59 Å². The van der Waals surface area contributed by atoms with Crippen LogP contribution in [-0.2, 0) is 19.1 Å². The van der Waals surface area contributed by atoms with Gasteiger partial charge in [-0.1, -0.05) is 6.58 Å². The molecule has 0 aromatic heterocycles. The van der Waals surface area contributed by atoms with Crippen LogP contribution in [0, 0.1) is 35.0 Å². The molecular formula is C21H28O4. The second kappa shape index (κ2) is 5.34. The minimum atomic E-state index is -0.239. The van der Waals surface area contributed by atoms with Gasteiger partial charge < -0.3 is 9.47 Å². The van der Waals surface area contributed by atoms with Crippen molar-refractivity contribution in [2.75, 3.05) is 0 Å². The standard InChI is InChI=1S/C21H28O4/c1-11(2)19(22)25-18-14-4-3-13(7-14)17(18)21-8-12-5-15(9-21)20(23)24-16(6-12)10-21/h12-18H,1,3-10H2,2H3. The van der Waals surface area contributed by atoms with Gasteiger partial charge in [0.05, 0.1) is 5.92 Å². The minimum absolute atomic E-state index is 0.0225. The SMILES string of the molecule is C=C(C)C(=O)OC1C2CCC(C2)C1C12CC3CC(C1)OC(=O)C(C3)C2. The predicted octanol–water partition coefficient (Wildman–Crippen LogP) is 3.64. The van der Waals surface area contributed by atoms with Crippen LogP contribution in [0.2, 0.25) is 0 Å². The van der Waals surface area contributed by atoms with Gasteiger partial charge in [0.1, 0.15) is 12.2 Å². The third-order valence-electron chi connectivity index (χ3n) is 7.95. The molecular weight excluding hydrogens is 316 g/mol. The maximum Gasteiger partial charge on any atom is 0.333 e. The molecule has 0 N–H and O–H groups in total. The first kappa shape index (κ1) is 15.9. The molecule has 0 aromatic carbocycles.